The second-order valence-electron chi connectivity index (χ2n) is 5.82. The quantitative estimate of drug-likeness (QED) is 0.803. The van der Waals surface area contributed by atoms with E-state index in [0.717, 1.165) is 0 Å². The Kier molecular flexibility index (Phi) is 4.41. The molecule has 0 aliphatic heterocycles. The fourth-order valence-corrected chi connectivity index (χ4v) is 2.89. The molecule has 1 aliphatic rings. The Morgan fingerprint density at radius 2 is 1.73 bits per heavy atom. The van der Waals surface area contributed by atoms with Crippen LogP contribution >= 0.6 is 0 Å². The number of rotatable bonds is 2. The Labute approximate surface area is 143 Å². The van der Waals surface area contributed by atoms with Gasteiger partial charge in [-0.25, -0.2) is 9.97 Å². The van der Waals surface area contributed by atoms with Gasteiger partial charge in [0.05, 0.1) is 11.5 Å². The van der Waals surface area contributed by atoms with Crippen molar-refractivity contribution in [2.75, 3.05) is 5.73 Å². The van der Waals surface area contributed by atoms with Crippen LogP contribution in [0.2, 0.25) is 0 Å². The summed E-state index contributed by atoms with van der Waals surface area (Å²) in [6.45, 7) is 0. The van der Waals surface area contributed by atoms with Crippen LogP contribution in [0.1, 0.15) is 30.5 Å². The molecule has 26 heavy (non-hydrogen) atoms. The number of anilines is 1. The zero-order valence-electron chi connectivity index (χ0n) is 13.1. The molecule has 2 heterocycles. The van der Waals surface area contributed by atoms with Gasteiger partial charge in [-0.2, -0.15) is 36.1 Å². The molecule has 11 heteroatoms. The molecule has 0 bridgehead atoms. The van der Waals surface area contributed by atoms with Crippen LogP contribution in [0.15, 0.2) is 24.5 Å². The maximum atomic E-state index is 13.4. The van der Waals surface area contributed by atoms with Crippen LogP contribution in [0.4, 0.5) is 32.2 Å². The molecule has 2 aromatic rings. The normalized spacial score (nSPS) is 18.7. The lowest BCUT2D eigenvalue weighted by molar-refractivity contribution is -0.175. The molecular formula is C15H13F6N5. The number of nitrogens with zero attached hydrogens (tertiary/aromatic N) is 4. The van der Waals surface area contributed by atoms with Gasteiger partial charge in [0.1, 0.15) is 5.82 Å². The lowest BCUT2D eigenvalue weighted by atomic mass is 9.85. The van der Waals surface area contributed by atoms with Crippen molar-refractivity contribution in [3.8, 4) is 5.95 Å². The monoisotopic (exact) mass is 377 g/mol. The molecule has 0 aromatic carbocycles. The zero-order valence-corrected chi connectivity index (χ0v) is 13.1. The minimum atomic E-state index is -4.89. The number of nitrogens with two attached hydrogens (primary N) is 1. The van der Waals surface area contributed by atoms with E-state index in [0.29, 0.717) is 4.68 Å². The van der Waals surface area contributed by atoms with E-state index in [-0.39, 0.29) is 24.4 Å². The van der Waals surface area contributed by atoms with Crippen LogP contribution in [-0.2, 0) is 6.18 Å². The summed E-state index contributed by atoms with van der Waals surface area (Å²) in [6.07, 6.45) is -6.22. The van der Waals surface area contributed by atoms with Crippen molar-refractivity contribution in [2.24, 2.45) is 5.92 Å². The standard InChI is InChI=1S/C15H13F6N5/c16-14(17,18)9-4-1-3-8(7-9)10-11(15(19,20)21)25-26(12(10)22)13-23-5-2-6-24-13/h2-3,5-6,9H,1,4,7,22H2. The highest BCUT2D eigenvalue weighted by atomic mass is 19.4. The number of halogens is 6. The van der Waals surface area contributed by atoms with E-state index in [1.807, 2.05) is 0 Å². The molecule has 0 fully saturated rings. The molecule has 1 aliphatic carbocycles. The van der Waals surface area contributed by atoms with Gasteiger partial charge < -0.3 is 5.73 Å². The van der Waals surface area contributed by atoms with Crippen LogP contribution in [0.25, 0.3) is 11.5 Å². The van der Waals surface area contributed by atoms with Gasteiger partial charge in [-0.3, -0.25) is 0 Å². The van der Waals surface area contributed by atoms with E-state index in [1.54, 1.807) is 0 Å². The number of nitrogen functional groups attached to an aromatic ring is 1. The summed E-state index contributed by atoms with van der Waals surface area (Å²) < 4.78 is 80.0. The molecule has 0 radical (unpaired) electrons. The first-order valence-corrected chi connectivity index (χ1v) is 7.58. The largest absolute Gasteiger partial charge is 0.435 e. The molecule has 0 spiro atoms. The smallest absolute Gasteiger partial charge is 0.383 e. The molecule has 5 nitrogen and oxygen atoms in total. The third kappa shape index (κ3) is 3.37. The maximum Gasteiger partial charge on any atom is 0.435 e. The molecular weight excluding hydrogens is 364 g/mol. The van der Waals surface area contributed by atoms with E-state index in [1.165, 1.54) is 24.5 Å². The van der Waals surface area contributed by atoms with Gasteiger partial charge in [-0.15, -0.1) is 0 Å². The van der Waals surface area contributed by atoms with Crippen LogP contribution in [0.5, 0.6) is 0 Å². The summed E-state index contributed by atoms with van der Waals surface area (Å²) in [7, 11) is 0. The van der Waals surface area contributed by atoms with Gasteiger partial charge in [0, 0.05) is 12.4 Å². The predicted octanol–water partition coefficient (Wildman–Crippen LogP) is 4.01. The van der Waals surface area contributed by atoms with Crippen LogP contribution in [-0.4, -0.2) is 25.9 Å². The minimum absolute atomic E-state index is 0.00324. The number of alkyl halides is 6. The molecule has 3 rings (SSSR count). The molecule has 140 valence electrons. The van der Waals surface area contributed by atoms with Gasteiger partial charge in [-0.1, -0.05) is 6.08 Å². The Balaban J connectivity index is 2.12. The molecule has 2 aromatic heterocycles. The highest BCUT2D eigenvalue weighted by Gasteiger charge is 2.44. The third-order valence-corrected chi connectivity index (χ3v) is 4.09. The van der Waals surface area contributed by atoms with E-state index in [2.05, 4.69) is 15.1 Å². The van der Waals surface area contributed by atoms with Gasteiger partial charge >= 0.3 is 12.4 Å². The first-order valence-electron chi connectivity index (χ1n) is 7.58. The topological polar surface area (TPSA) is 69.6 Å². The Morgan fingerprint density at radius 1 is 1.08 bits per heavy atom. The van der Waals surface area contributed by atoms with Crippen molar-refractivity contribution in [3.05, 3.63) is 35.8 Å². The third-order valence-electron chi connectivity index (χ3n) is 4.09. The van der Waals surface area contributed by atoms with Crippen LogP contribution in [0.3, 0.4) is 0 Å². The van der Waals surface area contributed by atoms with Crippen molar-refractivity contribution < 1.29 is 26.3 Å². The summed E-state index contributed by atoms with van der Waals surface area (Å²) in [6, 6.07) is 1.45. The Bertz CT molecular complexity index is 822. The number of hydrogen-bond donors (Lipinski definition) is 1. The Morgan fingerprint density at radius 3 is 2.31 bits per heavy atom. The first kappa shape index (κ1) is 18.2. The number of allylic oxidation sites excluding steroid dienone is 2. The van der Waals surface area contributed by atoms with Crippen molar-refractivity contribution in [2.45, 2.75) is 31.6 Å². The average molecular weight is 377 g/mol. The minimum Gasteiger partial charge on any atom is -0.383 e. The molecule has 0 amide bonds. The highest BCUT2D eigenvalue weighted by Crippen LogP contribution is 2.45. The maximum absolute atomic E-state index is 13.4. The number of hydrogen-bond acceptors (Lipinski definition) is 4. The van der Waals surface area contributed by atoms with E-state index in [4.69, 9.17) is 5.73 Å². The van der Waals surface area contributed by atoms with Crippen molar-refractivity contribution >= 4 is 11.4 Å². The SMILES string of the molecule is Nc1c(C2=CCCC(C(F)(F)F)C2)c(C(F)(F)F)nn1-c1ncccn1. The summed E-state index contributed by atoms with van der Waals surface area (Å²) in [5.41, 5.74) is 3.80. The van der Waals surface area contributed by atoms with E-state index >= 15 is 0 Å². The van der Waals surface area contributed by atoms with Gasteiger partial charge in [0.2, 0.25) is 0 Å². The second kappa shape index (κ2) is 6.29. The molecule has 0 saturated heterocycles. The molecule has 1 atom stereocenters. The lowest BCUT2D eigenvalue weighted by Gasteiger charge is -2.25. The summed E-state index contributed by atoms with van der Waals surface area (Å²) >= 11 is 0. The van der Waals surface area contributed by atoms with E-state index in [9.17, 15) is 26.3 Å². The van der Waals surface area contributed by atoms with Gasteiger partial charge in [0.25, 0.3) is 5.95 Å². The fraction of sp³-hybridized carbons (Fsp3) is 0.400. The second-order valence-corrected chi connectivity index (χ2v) is 5.82. The van der Waals surface area contributed by atoms with Crippen LogP contribution in [0, 0.1) is 5.92 Å². The van der Waals surface area contributed by atoms with Crippen molar-refractivity contribution in [1.82, 2.24) is 19.7 Å². The fourth-order valence-electron chi connectivity index (χ4n) is 2.89. The lowest BCUT2D eigenvalue weighted by Crippen LogP contribution is -2.25. The highest BCUT2D eigenvalue weighted by molar-refractivity contribution is 5.77. The Hall–Kier alpha value is -2.59. The van der Waals surface area contributed by atoms with Gasteiger partial charge in [0.15, 0.2) is 5.69 Å². The van der Waals surface area contributed by atoms with Crippen molar-refractivity contribution in [3.63, 3.8) is 0 Å². The van der Waals surface area contributed by atoms with Crippen molar-refractivity contribution in [1.29, 1.82) is 0 Å². The molecule has 2 N–H and O–H groups in total. The summed E-state index contributed by atoms with van der Waals surface area (Å²) in [4.78, 5) is 7.58. The average Bonchev–Trinajstić information content (AvgIpc) is 2.93. The number of aromatic nitrogens is 4. The summed E-state index contributed by atoms with van der Waals surface area (Å²) in [5, 5.41) is 3.43. The predicted molar refractivity (Wildman–Crippen MR) is 79.9 cm³/mol. The van der Waals surface area contributed by atoms with Crippen LogP contribution < -0.4 is 5.73 Å². The van der Waals surface area contributed by atoms with E-state index < -0.39 is 41.8 Å². The van der Waals surface area contributed by atoms with Gasteiger partial charge in [-0.05, 0) is 30.9 Å². The molecule has 1 unspecified atom stereocenters. The first-order chi connectivity index (χ1) is 12.1. The zero-order chi connectivity index (χ0) is 19.1. The molecule has 0 saturated carbocycles. The summed E-state index contributed by atoms with van der Waals surface area (Å²) in [5.74, 6) is -2.37.